The molecule has 0 aromatic carbocycles. The van der Waals surface area contributed by atoms with Crippen LogP contribution < -0.4 is 0 Å². The van der Waals surface area contributed by atoms with Crippen molar-refractivity contribution in [2.75, 3.05) is 26.2 Å². The van der Waals surface area contributed by atoms with Gasteiger partial charge in [-0.1, -0.05) is 0 Å². The number of aliphatic hydroxyl groups is 1. The molecule has 2 atom stereocenters. The van der Waals surface area contributed by atoms with E-state index in [-0.39, 0.29) is 23.4 Å². The predicted octanol–water partition coefficient (Wildman–Crippen LogP) is 2.56. The number of hydrogen-bond donors (Lipinski definition) is 1. The van der Waals surface area contributed by atoms with E-state index in [1.807, 2.05) is 19.9 Å². The van der Waals surface area contributed by atoms with Crippen LogP contribution in [-0.4, -0.2) is 58.8 Å². The molecular formula is C20H32N2O3. The van der Waals surface area contributed by atoms with E-state index in [0.29, 0.717) is 13.2 Å². The van der Waals surface area contributed by atoms with Crippen molar-refractivity contribution in [3.63, 3.8) is 0 Å². The molecule has 2 heterocycles. The van der Waals surface area contributed by atoms with Crippen LogP contribution in [0.5, 0.6) is 0 Å². The van der Waals surface area contributed by atoms with Crippen LogP contribution in [0, 0.1) is 19.3 Å². The van der Waals surface area contributed by atoms with Gasteiger partial charge in [0.15, 0.2) is 5.78 Å². The van der Waals surface area contributed by atoms with Gasteiger partial charge >= 0.3 is 0 Å². The number of nitrogens with zero attached hydrogens (tertiary/aromatic N) is 2. The third-order valence-electron chi connectivity index (χ3n) is 6.45. The van der Waals surface area contributed by atoms with E-state index in [4.69, 9.17) is 4.74 Å². The predicted molar refractivity (Wildman–Crippen MR) is 98.1 cm³/mol. The van der Waals surface area contributed by atoms with Crippen LogP contribution >= 0.6 is 0 Å². The van der Waals surface area contributed by atoms with E-state index in [2.05, 4.69) is 23.3 Å². The molecule has 3 rings (SSSR count). The van der Waals surface area contributed by atoms with Gasteiger partial charge in [-0.2, -0.15) is 0 Å². The highest BCUT2D eigenvalue weighted by Gasteiger charge is 2.56. The number of likely N-dealkylation sites (tertiary alicyclic amines) is 1. The molecule has 25 heavy (non-hydrogen) atoms. The monoisotopic (exact) mass is 348 g/mol. The third-order valence-corrected chi connectivity index (χ3v) is 6.45. The van der Waals surface area contributed by atoms with Crippen LogP contribution in [0.3, 0.4) is 0 Å². The number of hydrogen-bond acceptors (Lipinski definition) is 4. The van der Waals surface area contributed by atoms with Crippen LogP contribution in [0.1, 0.15) is 54.9 Å². The number of Topliss-reactive ketones (excluding diaryl/α,β-unsaturated/α-hetero) is 1. The van der Waals surface area contributed by atoms with Gasteiger partial charge < -0.3 is 14.4 Å². The number of ether oxygens (including phenoxy) is 1. The van der Waals surface area contributed by atoms with Crippen molar-refractivity contribution in [3.8, 4) is 0 Å². The number of aryl methyl sites for hydroxylation is 1. The fourth-order valence-corrected chi connectivity index (χ4v) is 4.80. The lowest BCUT2D eigenvalue weighted by Gasteiger charge is -2.56. The average molecular weight is 348 g/mol. The molecule has 1 aliphatic heterocycles. The smallest absolute Gasteiger partial charge is 0.178 e. The van der Waals surface area contributed by atoms with Gasteiger partial charge in [-0.3, -0.25) is 9.69 Å². The summed E-state index contributed by atoms with van der Waals surface area (Å²) in [6.45, 7) is 12.0. The van der Waals surface area contributed by atoms with Gasteiger partial charge in [0.2, 0.25) is 0 Å². The summed E-state index contributed by atoms with van der Waals surface area (Å²) in [5, 5.41) is 10.3. The van der Waals surface area contributed by atoms with Gasteiger partial charge in [0.1, 0.15) is 0 Å². The molecule has 1 aromatic heterocycles. The molecule has 1 N–H and O–H groups in total. The second-order valence-corrected chi connectivity index (χ2v) is 7.66. The zero-order valence-corrected chi connectivity index (χ0v) is 16.0. The topological polar surface area (TPSA) is 54.7 Å². The summed E-state index contributed by atoms with van der Waals surface area (Å²) < 4.78 is 8.01. The Bertz CT molecular complexity index is 627. The van der Waals surface area contributed by atoms with Gasteiger partial charge in [0.25, 0.3) is 0 Å². The highest BCUT2D eigenvalue weighted by Crippen LogP contribution is 2.50. The summed E-state index contributed by atoms with van der Waals surface area (Å²) in [4.78, 5) is 15.0. The summed E-state index contributed by atoms with van der Waals surface area (Å²) >= 11 is 0. The Labute approximate surface area is 151 Å². The lowest BCUT2D eigenvalue weighted by atomic mass is 9.58. The SMILES string of the molecule is CCOC1CC(O)C12CCN(CC(=O)c1cc(C)n(CC)c1C)CC2. The fourth-order valence-electron chi connectivity index (χ4n) is 4.80. The average Bonchev–Trinajstić information content (AvgIpc) is 2.89. The number of piperidine rings is 1. The van der Waals surface area contributed by atoms with Gasteiger partial charge in [-0.15, -0.1) is 0 Å². The van der Waals surface area contributed by atoms with Gasteiger partial charge in [0, 0.05) is 41.9 Å². The highest BCUT2D eigenvalue weighted by molar-refractivity contribution is 5.99. The lowest BCUT2D eigenvalue weighted by molar-refractivity contribution is -0.209. The molecule has 0 amide bonds. The quantitative estimate of drug-likeness (QED) is 0.803. The first-order valence-corrected chi connectivity index (χ1v) is 9.64. The maximum Gasteiger partial charge on any atom is 0.178 e. The van der Waals surface area contributed by atoms with E-state index in [0.717, 1.165) is 55.8 Å². The minimum atomic E-state index is -0.245. The van der Waals surface area contributed by atoms with Crippen LogP contribution in [0.4, 0.5) is 0 Å². The Morgan fingerprint density at radius 2 is 2.00 bits per heavy atom. The third kappa shape index (κ3) is 3.18. The van der Waals surface area contributed by atoms with Crippen LogP contribution in [0.25, 0.3) is 0 Å². The molecule has 5 heteroatoms. The number of carbonyl (C=O) groups is 1. The van der Waals surface area contributed by atoms with Crippen molar-refractivity contribution in [1.29, 1.82) is 0 Å². The fraction of sp³-hybridized carbons (Fsp3) is 0.750. The molecule has 0 bridgehead atoms. The Morgan fingerprint density at radius 3 is 2.52 bits per heavy atom. The summed E-state index contributed by atoms with van der Waals surface area (Å²) in [7, 11) is 0. The molecular weight excluding hydrogens is 316 g/mol. The van der Waals surface area contributed by atoms with Crippen LogP contribution in [0.2, 0.25) is 0 Å². The molecule has 5 nitrogen and oxygen atoms in total. The number of rotatable bonds is 6. The van der Waals surface area contributed by atoms with Gasteiger partial charge in [0.05, 0.1) is 18.8 Å². The summed E-state index contributed by atoms with van der Waals surface area (Å²) in [5.74, 6) is 0.208. The molecule has 1 aliphatic carbocycles. The molecule has 1 saturated heterocycles. The second kappa shape index (κ2) is 7.22. The van der Waals surface area contributed by atoms with Gasteiger partial charge in [-0.25, -0.2) is 0 Å². The first-order chi connectivity index (χ1) is 11.9. The molecule has 140 valence electrons. The number of aromatic nitrogens is 1. The van der Waals surface area contributed by atoms with Crippen molar-refractivity contribution < 1.29 is 14.6 Å². The second-order valence-electron chi connectivity index (χ2n) is 7.66. The van der Waals surface area contributed by atoms with E-state index in [1.165, 1.54) is 0 Å². The minimum absolute atomic E-state index is 0.0758. The Hall–Kier alpha value is -1.17. The highest BCUT2D eigenvalue weighted by atomic mass is 16.5. The first-order valence-electron chi connectivity index (χ1n) is 9.64. The van der Waals surface area contributed by atoms with Crippen LogP contribution in [0.15, 0.2) is 6.07 Å². The van der Waals surface area contributed by atoms with E-state index in [9.17, 15) is 9.90 Å². The Kier molecular flexibility index (Phi) is 5.37. The van der Waals surface area contributed by atoms with E-state index in [1.54, 1.807) is 0 Å². The number of aliphatic hydroxyl groups excluding tert-OH is 1. The Morgan fingerprint density at radius 1 is 1.32 bits per heavy atom. The molecule has 2 fully saturated rings. The van der Waals surface area contributed by atoms with E-state index < -0.39 is 0 Å². The lowest BCUT2D eigenvalue weighted by Crippen LogP contribution is -2.62. The van der Waals surface area contributed by atoms with Crippen molar-refractivity contribution in [1.82, 2.24) is 9.47 Å². The molecule has 0 radical (unpaired) electrons. The van der Waals surface area contributed by atoms with Crippen molar-refractivity contribution >= 4 is 5.78 Å². The molecule has 2 unspecified atom stereocenters. The minimum Gasteiger partial charge on any atom is -0.392 e. The zero-order chi connectivity index (χ0) is 18.2. The number of carbonyl (C=O) groups excluding carboxylic acids is 1. The van der Waals surface area contributed by atoms with Crippen molar-refractivity contribution in [3.05, 3.63) is 23.0 Å². The molecule has 1 aromatic rings. The summed E-state index contributed by atoms with van der Waals surface area (Å²) in [6.07, 6.45) is 2.54. The van der Waals surface area contributed by atoms with E-state index >= 15 is 0 Å². The molecule has 2 aliphatic rings. The normalized spacial score (nSPS) is 26.0. The van der Waals surface area contributed by atoms with Crippen molar-refractivity contribution in [2.24, 2.45) is 5.41 Å². The van der Waals surface area contributed by atoms with Gasteiger partial charge in [-0.05, 0) is 59.7 Å². The maximum atomic E-state index is 12.8. The largest absolute Gasteiger partial charge is 0.392 e. The maximum absolute atomic E-state index is 12.8. The molecule has 1 saturated carbocycles. The van der Waals surface area contributed by atoms with Crippen LogP contribution in [-0.2, 0) is 11.3 Å². The summed E-state index contributed by atoms with van der Waals surface area (Å²) in [5.41, 5.74) is 3.01. The molecule has 1 spiro atoms. The summed E-state index contributed by atoms with van der Waals surface area (Å²) in [6, 6.07) is 2.02. The zero-order valence-electron chi connectivity index (χ0n) is 16.0. The standard InChI is InChI=1S/C20H32N2O3/c1-5-22-14(3)11-16(15(22)4)17(23)13-21-9-7-20(8-10-21)18(24)12-19(20)25-6-2/h11,18-19,24H,5-10,12-13H2,1-4H3. The first kappa shape index (κ1) is 18.6. The Balaban J connectivity index is 1.60. The van der Waals surface area contributed by atoms with Crippen molar-refractivity contribution in [2.45, 2.75) is 65.7 Å². The number of ketones is 1.